The number of hydrogen-bond acceptors (Lipinski definition) is 2. The average Bonchev–Trinajstić information content (AvgIpc) is 3.16. The van der Waals surface area contributed by atoms with E-state index in [-0.39, 0.29) is 17.6 Å². The third-order valence-corrected chi connectivity index (χ3v) is 4.13. The Bertz CT molecular complexity index is 489. The summed E-state index contributed by atoms with van der Waals surface area (Å²) in [6.07, 6.45) is 4.45. The molecule has 104 valence electrons. The van der Waals surface area contributed by atoms with Gasteiger partial charge in [0, 0.05) is 10.5 Å². The van der Waals surface area contributed by atoms with Gasteiger partial charge in [0.25, 0.3) is 5.91 Å². The molecule has 1 saturated carbocycles. The molecule has 0 radical (unpaired) electrons. The van der Waals surface area contributed by atoms with Crippen molar-refractivity contribution in [2.45, 2.75) is 38.6 Å². The number of anilines is 1. The number of carbonyl (C=O) groups excluding carboxylic acids is 1. The van der Waals surface area contributed by atoms with Gasteiger partial charge in [-0.3, -0.25) is 4.79 Å². The lowest BCUT2D eigenvalue weighted by Gasteiger charge is -2.17. The molecule has 0 bridgehead atoms. The zero-order chi connectivity index (χ0) is 14.0. The van der Waals surface area contributed by atoms with Crippen LogP contribution in [0.3, 0.4) is 0 Å². The first-order chi connectivity index (χ1) is 9.01. The van der Waals surface area contributed by atoms with Gasteiger partial charge in [0.15, 0.2) is 0 Å². The number of nitrogen functional groups attached to an aromatic ring is 1. The van der Waals surface area contributed by atoms with Gasteiger partial charge in [-0.25, -0.2) is 4.39 Å². The van der Waals surface area contributed by atoms with Crippen molar-refractivity contribution < 1.29 is 9.18 Å². The zero-order valence-electron chi connectivity index (χ0n) is 10.9. The SMILES string of the molecule is CCC(CC1CC1)NC(=O)c1cc(N)c(F)cc1Br. The van der Waals surface area contributed by atoms with Crippen molar-refractivity contribution in [3.05, 3.63) is 28.0 Å². The summed E-state index contributed by atoms with van der Waals surface area (Å²) >= 11 is 3.20. The van der Waals surface area contributed by atoms with Crippen LogP contribution in [0.25, 0.3) is 0 Å². The standard InChI is InChI=1S/C14H18BrFN2O/c1-2-9(5-8-3-4-8)18-14(19)10-6-13(17)12(16)7-11(10)15/h6-9H,2-5,17H2,1H3,(H,18,19). The van der Waals surface area contributed by atoms with Crippen molar-refractivity contribution in [1.82, 2.24) is 5.32 Å². The number of amides is 1. The Hall–Kier alpha value is -1.10. The van der Waals surface area contributed by atoms with E-state index in [1.807, 2.05) is 0 Å². The van der Waals surface area contributed by atoms with E-state index < -0.39 is 5.82 Å². The summed E-state index contributed by atoms with van der Waals surface area (Å²) in [7, 11) is 0. The van der Waals surface area contributed by atoms with Crippen molar-refractivity contribution in [3.8, 4) is 0 Å². The first-order valence-corrected chi connectivity index (χ1v) is 7.36. The second-order valence-corrected chi connectivity index (χ2v) is 5.97. The van der Waals surface area contributed by atoms with Crippen LogP contribution in [0, 0.1) is 11.7 Å². The minimum absolute atomic E-state index is 0.0106. The number of carbonyl (C=O) groups is 1. The Kier molecular flexibility index (Phi) is 4.45. The predicted octanol–water partition coefficient (Wildman–Crippen LogP) is 3.48. The molecule has 1 aromatic rings. The van der Waals surface area contributed by atoms with E-state index in [2.05, 4.69) is 28.2 Å². The third-order valence-electron chi connectivity index (χ3n) is 3.47. The van der Waals surface area contributed by atoms with Crippen LogP contribution in [0.2, 0.25) is 0 Å². The van der Waals surface area contributed by atoms with Crippen LogP contribution in [-0.4, -0.2) is 11.9 Å². The van der Waals surface area contributed by atoms with Crippen molar-refractivity contribution in [3.63, 3.8) is 0 Å². The first kappa shape index (κ1) is 14.3. The molecule has 1 aliphatic rings. The molecule has 1 aliphatic carbocycles. The van der Waals surface area contributed by atoms with Gasteiger partial charge in [-0.05, 0) is 46.8 Å². The Morgan fingerprint density at radius 1 is 1.58 bits per heavy atom. The Balaban J connectivity index is 2.07. The van der Waals surface area contributed by atoms with Gasteiger partial charge in [-0.15, -0.1) is 0 Å². The maximum Gasteiger partial charge on any atom is 0.252 e. The van der Waals surface area contributed by atoms with Crippen LogP contribution >= 0.6 is 15.9 Å². The van der Waals surface area contributed by atoms with E-state index in [0.29, 0.717) is 10.0 Å². The van der Waals surface area contributed by atoms with Gasteiger partial charge in [0.05, 0.1) is 11.3 Å². The number of hydrogen-bond donors (Lipinski definition) is 2. The van der Waals surface area contributed by atoms with E-state index in [0.717, 1.165) is 18.8 Å². The lowest BCUT2D eigenvalue weighted by atomic mass is 10.1. The summed E-state index contributed by atoms with van der Waals surface area (Å²) in [6, 6.07) is 2.78. The van der Waals surface area contributed by atoms with E-state index in [1.54, 1.807) is 0 Å². The molecule has 0 saturated heterocycles. The number of nitrogens with one attached hydrogen (secondary N) is 1. The molecule has 2 rings (SSSR count). The highest BCUT2D eigenvalue weighted by Gasteiger charge is 2.26. The van der Waals surface area contributed by atoms with Gasteiger partial charge >= 0.3 is 0 Å². The Labute approximate surface area is 120 Å². The van der Waals surface area contributed by atoms with Crippen LogP contribution < -0.4 is 11.1 Å². The molecule has 0 aliphatic heterocycles. The zero-order valence-corrected chi connectivity index (χ0v) is 12.5. The molecule has 0 aromatic heterocycles. The van der Waals surface area contributed by atoms with Crippen LogP contribution in [0.5, 0.6) is 0 Å². The van der Waals surface area contributed by atoms with Gasteiger partial charge in [-0.2, -0.15) is 0 Å². The van der Waals surface area contributed by atoms with Gasteiger partial charge in [0.2, 0.25) is 0 Å². The molecule has 5 heteroatoms. The molecular formula is C14H18BrFN2O. The van der Waals surface area contributed by atoms with E-state index in [9.17, 15) is 9.18 Å². The number of benzene rings is 1. The quantitative estimate of drug-likeness (QED) is 0.813. The van der Waals surface area contributed by atoms with E-state index >= 15 is 0 Å². The number of rotatable bonds is 5. The maximum absolute atomic E-state index is 13.2. The summed E-state index contributed by atoms with van der Waals surface area (Å²) < 4.78 is 13.7. The maximum atomic E-state index is 13.2. The summed E-state index contributed by atoms with van der Waals surface area (Å²) in [5, 5.41) is 2.99. The minimum atomic E-state index is -0.520. The fourth-order valence-corrected chi connectivity index (χ4v) is 2.58. The molecule has 1 amide bonds. The lowest BCUT2D eigenvalue weighted by Crippen LogP contribution is -2.35. The van der Waals surface area contributed by atoms with Crippen molar-refractivity contribution in [2.75, 3.05) is 5.73 Å². The monoisotopic (exact) mass is 328 g/mol. The smallest absolute Gasteiger partial charge is 0.252 e. The number of nitrogens with two attached hydrogens (primary N) is 1. The van der Waals surface area contributed by atoms with Gasteiger partial charge < -0.3 is 11.1 Å². The molecule has 1 atom stereocenters. The van der Waals surface area contributed by atoms with Crippen LogP contribution in [-0.2, 0) is 0 Å². The fourth-order valence-electron chi connectivity index (χ4n) is 2.09. The number of halogens is 2. The molecule has 19 heavy (non-hydrogen) atoms. The van der Waals surface area contributed by atoms with E-state index in [4.69, 9.17) is 5.73 Å². The average molecular weight is 329 g/mol. The normalized spacial score (nSPS) is 16.2. The van der Waals surface area contributed by atoms with Gasteiger partial charge in [0.1, 0.15) is 5.82 Å². The van der Waals surface area contributed by atoms with Crippen molar-refractivity contribution in [1.29, 1.82) is 0 Å². The summed E-state index contributed by atoms with van der Waals surface area (Å²) in [5.74, 6) is 0.0338. The molecule has 1 aromatic carbocycles. The molecule has 0 spiro atoms. The highest BCUT2D eigenvalue weighted by Crippen LogP contribution is 2.34. The molecule has 1 unspecified atom stereocenters. The van der Waals surface area contributed by atoms with Crippen LogP contribution in [0.4, 0.5) is 10.1 Å². The molecule has 0 heterocycles. The first-order valence-electron chi connectivity index (χ1n) is 6.56. The Morgan fingerprint density at radius 3 is 2.84 bits per heavy atom. The second-order valence-electron chi connectivity index (χ2n) is 5.11. The highest BCUT2D eigenvalue weighted by molar-refractivity contribution is 9.10. The van der Waals surface area contributed by atoms with Crippen molar-refractivity contribution >= 4 is 27.5 Å². The largest absolute Gasteiger partial charge is 0.396 e. The second kappa shape index (κ2) is 5.90. The fraction of sp³-hybridized carbons (Fsp3) is 0.500. The minimum Gasteiger partial charge on any atom is -0.396 e. The van der Waals surface area contributed by atoms with Crippen LogP contribution in [0.1, 0.15) is 43.0 Å². The van der Waals surface area contributed by atoms with Gasteiger partial charge in [-0.1, -0.05) is 19.8 Å². The Morgan fingerprint density at radius 2 is 2.26 bits per heavy atom. The molecule has 3 nitrogen and oxygen atoms in total. The molecule has 1 fully saturated rings. The lowest BCUT2D eigenvalue weighted by molar-refractivity contribution is 0.0932. The summed E-state index contributed by atoms with van der Waals surface area (Å²) in [4.78, 5) is 12.2. The van der Waals surface area contributed by atoms with Crippen molar-refractivity contribution in [2.24, 2.45) is 5.92 Å². The highest BCUT2D eigenvalue weighted by atomic mass is 79.9. The topological polar surface area (TPSA) is 55.1 Å². The summed E-state index contributed by atoms with van der Waals surface area (Å²) in [6.45, 7) is 2.06. The predicted molar refractivity (Wildman–Crippen MR) is 77.4 cm³/mol. The summed E-state index contributed by atoms with van der Waals surface area (Å²) in [5.41, 5.74) is 5.88. The van der Waals surface area contributed by atoms with E-state index in [1.165, 1.54) is 25.0 Å². The molecular weight excluding hydrogens is 311 g/mol. The third kappa shape index (κ3) is 3.69. The van der Waals surface area contributed by atoms with Crippen LogP contribution in [0.15, 0.2) is 16.6 Å². The molecule has 3 N–H and O–H groups in total.